The van der Waals surface area contributed by atoms with Crippen LogP contribution in [-0.4, -0.2) is 22.0 Å². The molecule has 1 N–H and O–H groups in total. The predicted molar refractivity (Wildman–Crippen MR) is 84.3 cm³/mol. The van der Waals surface area contributed by atoms with Gasteiger partial charge in [-0.2, -0.15) is 0 Å². The van der Waals surface area contributed by atoms with E-state index in [-0.39, 0.29) is 0 Å². The lowest BCUT2D eigenvalue weighted by molar-refractivity contribution is 0.809. The highest BCUT2D eigenvalue weighted by atomic mass is 79.9. The van der Waals surface area contributed by atoms with Gasteiger partial charge in [0.25, 0.3) is 0 Å². The lowest BCUT2D eigenvalue weighted by Gasteiger charge is -2.13. The Kier molecular flexibility index (Phi) is 4.52. The highest BCUT2D eigenvalue weighted by Gasteiger charge is 2.15. The van der Waals surface area contributed by atoms with E-state index >= 15 is 0 Å². The molecule has 0 saturated heterocycles. The van der Waals surface area contributed by atoms with Crippen molar-refractivity contribution in [1.29, 1.82) is 0 Å². The van der Waals surface area contributed by atoms with E-state index in [0.29, 0.717) is 11.7 Å². The number of aromatic nitrogens is 3. The van der Waals surface area contributed by atoms with Crippen LogP contribution in [0.3, 0.4) is 0 Å². The van der Waals surface area contributed by atoms with Gasteiger partial charge in [-0.15, -0.1) is 0 Å². The smallest absolute Gasteiger partial charge is 0.180 e. The van der Waals surface area contributed by atoms with Crippen LogP contribution in [0.1, 0.15) is 25.5 Å². The Balaban J connectivity index is 2.57. The van der Waals surface area contributed by atoms with Crippen LogP contribution in [0, 0.1) is 0 Å². The molecule has 0 aliphatic carbocycles. The third-order valence-electron chi connectivity index (χ3n) is 2.62. The second-order valence-electron chi connectivity index (χ2n) is 4.36. The number of rotatable bonds is 3. The number of nitrogens with one attached hydrogen (secondary N) is 1. The Morgan fingerprint density at radius 2 is 1.89 bits per heavy atom. The van der Waals surface area contributed by atoms with E-state index in [4.69, 9.17) is 0 Å². The van der Waals surface area contributed by atoms with E-state index in [9.17, 15) is 0 Å². The van der Waals surface area contributed by atoms with Gasteiger partial charge < -0.3 is 5.32 Å². The fourth-order valence-corrected chi connectivity index (χ4v) is 2.70. The number of pyridine rings is 1. The van der Waals surface area contributed by atoms with Crippen LogP contribution in [-0.2, 0) is 0 Å². The molecule has 0 aliphatic heterocycles. The first-order chi connectivity index (χ1) is 9.02. The van der Waals surface area contributed by atoms with Crippen molar-refractivity contribution in [1.82, 2.24) is 15.0 Å². The maximum Gasteiger partial charge on any atom is 0.180 e. The first-order valence-electron chi connectivity index (χ1n) is 5.90. The van der Waals surface area contributed by atoms with E-state index in [0.717, 1.165) is 26.2 Å². The fraction of sp³-hybridized carbons (Fsp3) is 0.308. The van der Waals surface area contributed by atoms with Gasteiger partial charge in [-0.3, -0.25) is 4.98 Å². The number of anilines is 1. The van der Waals surface area contributed by atoms with Gasteiger partial charge in [-0.25, -0.2) is 9.97 Å². The molecule has 2 aromatic heterocycles. The predicted octanol–water partition coefficient (Wildman–Crippen LogP) is 4.23. The summed E-state index contributed by atoms with van der Waals surface area (Å²) in [4.78, 5) is 13.4. The van der Waals surface area contributed by atoms with Crippen LogP contribution in [0.25, 0.3) is 11.5 Å². The Labute approximate surface area is 129 Å². The molecule has 6 heteroatoms. The molecule has 0 amide bonds. The second kappa shape index (κ2) is 5.96. The van der Waals surface area contributed by atoms with Crippen molar-refractivity contribution in [2.75, 3.05) is 12.4 Å². The molecule has 0 atom stereocenters. The van der Waals surface area contributed by atoms with Crippen LogP contribution >= 0.6 is 31.9 Å². The molecule has 2 aromatic rings. The fourth-order valence-electron chi connectivity index (χ4n) is 1.64. The summed E-state index contributed by atoms with van der Waals surface area (Å²) in [5.74, 6) is 1.71. The molecule has 2 rings (SSSR count). The molecule has 100 valence electrons. The van der Waals surface area contributed by atoms with Crippen molar-refractivity contribution in [2.24, 2.45) is 0 Å². The zero-order chi connectivity index (χ0) is 14.0. The molecule has 4 nitrogen and oxygen atoms in total. The number of hydrogen-bond acceptors (Lipinski definition) is 4. The number of nitrogens with zero attached hydrogens (tertiary/aromatic N) is 3. The monoisotopic (exact) mass is 384 g/mol. The van der Waals surface area contributed by atoms with Crippen molar-refractivity contribution in [3.8, 4) is 11.5 Å². The quantitative estimate of drug-likeness (QED) is 0.858. The van der Waals surface area contributed by atoms with Crippen LogP contribution in [0.2, 0.25) is 0 Å². The largest absolute Gasteiger partial charge is 0.372 e. The van der Waals surface area contributed by atoms with E-state index in [1.807, 2.05) is 19.2 Å². The zero-order valence-corrected chi connectivity index (χ0v) is 14.1. The summed E-state index contributed by atoms with van der Waals surface area (Å²) in [6.45, 7) is 4.21. The molecular weight excluding hydrogens is 372 g/mol. The number of halogens is 2. The zero-order valence-electron chi connectivity index (χ0n) is 10.9. The maximum atomic E-state index is 4.60. The van der Waals surface area contributed by atoms with E-state index in [2.05, 4.69) is 66.0 Å². The summed E-state index contributed by atoms with van der Waals surface area (Å²) in [6, 6.07) is 3.83. The molecule has 0 saturated carbocycles. The van der Waals surface area contributed by atoms with Crippen molar-refractivity contribution in [3.63, 3.8) is 0 Å². The normalized spacial score (nSPS) is 10.8. The molecule has 0 radical (unpaired) electrons. The van der Waals surface area contributed by atoms with Gasteiger partial charge in [0.05, 0.1) is 10.2 Å². The van der Waals surface area contributed by atoms with Gasteiger partial charge in [-0.05, 0) is 49.9 Å². The molecule has 19 heavy (non-hydrogen) atoms. The van der Waals surface area contributed by atoms with Crippen LogP contribution in [0.15, 0.2) is 27.3 Å². The van der Waals surface area contributed by atoms with Crippen LogP contribution in [0.4, 0.5) is 5.82 Å². The minimum Gasteiger partial charge on any atom is -0.372 e. The second-order valence-corrected chi connectivity index (χ2v) is 6.07. The molecule has 0 unspecified atom stereocenters. The molecular formula is C13H14Br2N4. The van der Waals surface area contributed by atoms with Gasteiger partial charge in [0.15, 0.2) is 5.82 Å². The summed E-state index contributed by atoms with van der Waals surface area (Å²) < 4.78 is 1.84. The molecule has 0 aromatic carbocycles. The summed E-state index contributed by atoms with van der Waals surface area (Å²) >= 11 is 6.92. The SMILES string of the molecule is CNc1nc(-c2ccc(Br)cn2)nc(C(C)C)c1Br. The third kappa shape index (κ3) is 3.12. The lowest BCUT2D eigenvalue weighted by atomic mass is 10.1. The van der Waals surface area contributed by atoms with Gasteiger partial charge in [0.2, 0.25) is 0 Å². The first-order valence-corrected chi connectivity index (χ1v) is 7.48. The lowest BCUT2D eigenvalue weighted by Crippen LogP contribution is -2.05. The van der Waals surface area contributed by atoms with Crippen LogP contribution < -0.4 is 5.32 Å². The minimum absolute atomic E-state index is 0.304. The first kappa shape index (κ1) is 14.4. The highest BCUT2D eigenvalue weighted by molar-refractivity contribution is 9.11. The Bertz CT molecular complexity index is 582. The maximum absolute atomic E-state index is 4.60. The van der Waals surface area contributed by atoms with Crippen molar-refractivity contribution in [2.45, 2.75) is 19.8 Å². The summed E-state index contributed by atoms with van der Waals surface area (Å²) in [5, 5.41) is 3.08. The Hall–Kier alpha value is -1.01. The molecule has 0 spiro atoms. The van der Waals surface area contributed by atoms with Crippen LogP contribution in [0.5, 0.6) is 0 Å². The molecule has 0 bridgehead atoms. The van der Waals surface area contributed by atoms with Gasteiger partial charge in [0.1, 0.15) is 11.5 Å². The van der Waals surface area contributed by atoms with E-state index < -0.39 is 0 Å². The number of hydrogen-bond donors (Lipinski definition) is 1. The van der Waals surface area contributed by atoms with Crippen molar-refractivity contribution in [3.05, 3.63) is 33.0 Å². The summed E-state index contributed by atoms with van der Waals surface area (Å²) in [5.41, 5.74) is 1.73. The average molecular weight is 386 g/mol. The van der Waals surface area contributed by atoms with Crippen molar-refractivity contribution < 1.29 is 0 Å². The van der Waals surface area contributed by atoms with Crippen molar-refractivity contribution >= 4 is 37.7 Å². The molecule has 0 fully saturated rings. The average Bonchev–Trinajstić information content (AvgIpc) is 2.39. The summed E-state index contributed by atoms with van der Waals surface area (Å²) in [7, 11) is 1.84. The van der Waals surface area contributed by atoms with Gasteiger partial charge >= 0.3 is 0 Å². The highest BCUT2D eigenvalue weighted by Crippen LogP contribution is 2.30. The summed E-state index contributed by atoms with van der Waals surface area (Å²) in [6.07, 6.45) is 1.74. The molecule has 2 heterocycles. The Morgan fingerprint density at radius 3 is 2.42 bits per heavy atom. The molecule has 0 aliphatic rings. The standard InChI is InChI=1S/C13H14Br2N4/c1-7(2)11-10(15)13(16-3)19-12(18-11)9-5-4-8(14)6-17-9/h4-7H,1-3H3,(H,16,18,19). The third-order valence-corrected chi connectivity index (χ3v) is 3.87. The van der Waals surface area contributed by atoms with E-state index in [1.165, 1.54) is 0 Å². The topological polar surface area (TPSA) is 50.7 Å². The van der Waals surface area contributed by atoms with Gasteiger partial charge in [-0.1, -0.05) is 13.8 Å². The minimum atomic E-state index is 0.304. The van der Waals surface area contributed by atoms with E-state index in [1.54, 1.807) is 6.20 Å². The Morgan fingerprint density at radius 1 is 1.16 bits per heavy atom. The van der Waals surface area contributed by atoms with Gasteiger partial charge in [0, 0.05) is 17.7 Å².